The van der Waals surface area contributed by atoms with Crippen molar-refractivity contribution in [3.05, 3.63) is 22.4 Å². The number of carbonyl (C=O) groups is 1. The molecular weight excluding hydrogens is 194 g/mol. The molecule has 2 unspecified atom stereocenters. The maximum absolute atomic E-state index is 11.7. The molecule has 2 nitrogen and oxygen atoms in total. The summed E-state index contributed by atoms with van der Waals surface area (Å²) >= 11 is 1.50. The number of thiophene rings is 1. The van der Waals surface area contributed by atoms with Crippen molar-refractivity contribution < 1.29 is 4.79 Å². The molecule has 14 heavy (non-hydrogen) atoms. The summed E-state index contributed by atoms with van der Waals surface area (Å²) in [7, 11) is 0. The second kappa shape index (κ2) is 4.13. The van der Waals surface area contributed by atoms with Crippen molar-refractivity contribution in [2.45, 2.75) is 32.2 Å². The Morgan fingerprint density at radius 2 is 2.43 bits per heavy atom. The average Bonchev–Trinajstić information content (AvgIpc) is 2.75. The Kier molecular flexibility index (Phi) is 2.87. The highest BCUT2D eigenvalue weighted by molar-refractivity contribution is 7.12. The van der Waals surface area contributed by atoms with E-state index in [0.29, 0.717) is 6.04 Å². The van der Waals surface area contributed by atoms with E-state index in [9.17, 15) is 4.79 Å². The summed E-state index contributed by atoms with van der Waals surface area (Å²) in [5.41, 5.74) is 0. The summed E-state index contributed by atoms with van der Waals surface area (Å²) in [5.74, 6) is 0.864. The van der Waals surface area contributed by atoms with Crippen molar-refractivity contribution >= 4 is 17.2 Å². The molecule has 1 aliphatic rings. The van der Waals surface area contributed by atoms with E-state index >= 15 is 0 Å². The van der Waals surface area contributed by atoms with Crippen LogP contribution in [0, 0.1) is 5.92 Å². The topological polar surface area (TPSA) is 29.1 Å². The lowest BCUT2D eigenvalue weighted by Crippen LogP contribution is -2.32. The fraction of sp³-hybridized carbons (Fsp3) is 0.545. The van der Waals surface area contributed by atoms with Crippen LogP contribution in [0.1, 0.15) is 35.9 Å². The van der Waals surface area contributed by atoms with Crippen LogP contribution < -0.4 is 5.32 Å². The number of amides is 1. The van der Waals surface area contributed by atoms with Crippen LogP contribution in [0.15, 0.2) is 17.5 Å². The van der Waals surface area contributed by atoms with Crippen molar-refractivity contribution in [3.8, 4) is 0 Å². The van der Waals surface area contributed by atoms with E-state index in [-0.39, 0.29) is 5.91 Å². The zero-order valence-electron chi connectivity index (χ0n) is 8.32. The maximum atomic E-state index is 11.7. The SMILES string of the molecule is CC1CCC(NC(=O)c2cccs2)C1. The Balaban J connectivity index is 1.89. The van der Waals surface area contributed by atoms with Crippen molar-refractivity contribution in [3.63, 3.8) is 0 Å². The average molecular weight is 209 g/mol. The third-order valence-corrected chi connectivity index (χ3v) is 3.64. The van der Waals surface area contributed by atoms with Gasteiger partial charge in [0, 0.05) is 6.04 Å². The summed E-state index contributed by atoms with van der Waals surface area (Å²) in [6.07, 6.45) is 3.52. The van der Waals surface area contributed by atoms with Crippen LogP contribution in [0.3, 0.4) is 0 Å². The van der Waals surface area contributed by atoms with Gasteiger partial charge in [0.2, 0.25) is 0 Å². The Morgan fingerprint density at radius 1 is 1.57 bits per heavy atom. The molecule has 2 atom stereocenters. The summed E-state index contributed by atoms with van der Waals surface area (Å²) in [4.78, 5) is 12.5. The molecule has 0 saturated heterocycles. The first-order valence-electron chi connectivity index (χ1n) is 5.10. The molecule has 1 amide bonds. The van der Waals surface area contributed by atoms with Gasteiger partial charge < -0.3 is 5.32 Å². The summed E-state index contributed by atoms with van der Waals surface area (Å²) in [5, 5.41) is 5.02. The molecule has 1 aromatic rings. The molecule has 0 bridgehead atoms. The van der Waals surface area contributed by atoms with Crippen LogP contribution in [-0.2, 0) is 0 Å². The molecule has 0 aromatic carbocycles. The minimum Gasteiger partial charge on any atom is -0.349 e. The van der Waals surface area contributed by atoms with Gasteiger partial charge in [0.25, 0.3) is 5.91 Å². The first kappa shape index (κ1) is 9.71. The fourth-order valence-electron chi connectivity index (χ4n) is 2.00. The van der Waals surface area contributed by atoms with Crippen LogP contribution in [0.4, 0.5) is 0 Å². The van der Waals surface area contributed by atoms with Crippen molar-refractivity contribution in [2.75, 3.05) is 0 Å². The molecular formula is C11H15NOS. The van der Waals surface area contributed by atoms with E-state index in [1.54, 1.807) is 0 Å². The van der Waals surface area contributed by atoms with E-state index in [1.165, 1.54) is 17.8 Å². The largest absolute Gasteiger partial charge is 0.349 e. The molecule has 1 fully saturated rings. The molecule has 3 heteroatoms. The lowest BCUT2D eigenvalue weighted by Gasteiger charge is -2.10. The van der Waals surface area contributed by atoms with Crippen molar-refractivity contribution in [1.29, 1.82) is 0 Å². The second-order valence-electron chi connectivity index (χ2n) is 4.07. The molecule has 1 aliphatic carbocycles. The Hall–Kier alpha value is -0.830. The van der Waals surface area contributed by atoms with Gasteiger partial charge in [-0.25, -0.2) is 0 Å². The molecule has 1 aromatic heterocycles. The summed E-state index contributed by atoms with van der Waals surface area (Å²) in [6.45, 7) is 2.25. The van der Waals surface area contributed by atoms with Crippen molar-refractivity contribution in [2.24, 2.45) is 5.92 Å². The minimum absolute atomic E-state index is 0.0964. The Morgan fingerprint density at radius 3 is 3.00 bits per heavy atom. The van der Waals surface area contributed by atoms with Gasteiger partial charge in [0.05, 0.1) is 4.88 Å². The normalized spacial score (nSPS) is 26.4. The van der Waals surface area contributed by atoms with Gasteiger partial charge in [0.15, 0.2) is 0 Å². The third kappa shape index (κ3) is 2.15. The number of hydrogen-bond acceptors (Lipinski definition) is 2. The lowest BCUT2D eigenvalue weighted by molar-refractivity contribution is 0.0941. The van der Waals surface area contributed by atoms with Gasteiger partial charge in [0.1, 0.15) is 0 Å². The fourth-order valence-corrected chi connectivity index (χ4v) is 2.63. The van der Waals surface area contributed by atoms with Gasteiger partial charge in [-0.05, 0) is 36.6 Å². The van der Waals surface area contributed by atoms with Crippen LogP contribution in [0.5, 0.6) is 0 Å². The molecule has 0 spiro atoms. The minimum atomic E-state index is 0.0964. The van der Waals surface area contributed by atoms with Crippen molar-refractivity contribution in [1.82, 2.24) is 5.32 Å². The Labute approximate surface area is 88.3 Å². The molecule has 2 rings (SSSR count). The molecule has 0 aliphatic heterocycles. The highest BCUT2D eigenvalue weighted by Gasteiger charge is 2.23. The van der Waals surface area contributed by atoms with Crippen LogP contribution >= 0.6 is 11.3 Å². The first-order valence-corrected chi connectivity index (χ1v) is 5.98. The summed E-state index contributed by atoms with van der Waals surface area (Å²) < 4.78 is 0. The molecule has 76 valence electrons. The monoisotopic (exact) mass is 209 g/mol. The predicted octanol–water partition coefficient (Wildman–Crippen LogP) is 2.67. The van der Waals surface area contributed by atoms with Gasteiger partial charge in [-0.3, -0.25) is 4.79 Å². The maximum Gasteiger partial charge on any atom is 0.261 e. The standard InChI is InChI=1S/C11H15NOS/c1-8-4-5-9(7-8)12-11(13)10-3-2-6-14-10/h2-3,6,8-9H,4-5,7H2,1H3,(H,12,13). The second-order valence-corrected chi connectivity index (χ2v) is 5.01. The number of nitrogens with one attached hydrogen (secondary N) is 1. The zero-order valence-corrected chi connectivity index (χ0v) is 9.14. The number of hydrogen-bond donors (Lipinski definition) is 1. The van der Waals surface area contributed by atoms with E-state index in [4.69, 9.17) is 0 Å². The number of carbonyl (C=O) groups excluding carboxylic acids is 1. The Bertz CT molecular complexity index is 307. The van der Waals surface area contributed by atoms with E-state index in [2.05, 4.69) is 12.2 Å². The first-order chi connectivity index (χ1) is 6.75. The van der Waals surface area contributed by atoms with Crippen LogP contribution in [-0.4, -0.2) is 11.9 Å². The summed E-state index contributed by atoms with van der Waals surface area (Å²) in [6, 6.07) is 4.19. The highest BCUT2D eigenvalue weighted by Crippen LogP contribution is 2.25. The molecule has 0 radical (unpaired) electrons. The van der Waals surface area contributed by atoms with E-state index in [1.807, 2.05) is 17.5 Å². The van der Waals surface area contributed by atoms with E-state index < -0.39 is 0 Å². The van der Waals surface area contributed by atoms with Gasteiger partial charge >= 0.3 is 0 Å². The highest BCUT2D eigenvalue weighted by atomic mass is 32.1. The molecule has 1 saturated carbocycles. The lowest BCUT2D eigenvalue weighted by atomic mass is 10.1. The molecule has 1 N–H and O–H groups in total. The molecule has 1 heterocycles. The van der Waals surface area contributed by atoms with Gasteiger partial charge in [-0.2, -0.15) is 0 Å². The quantitative estimate of drug-likeness (QED) is 0.797. The van der Waals surface area contributed by atoms with Gasteiger partial charge in [-0.1, -0.05) is 13.0 Å². The zero-order chi connectivity index (χ0) is 9.97. The van der Waals surface area contributed by atoms with Crippen LogP contribution in [0.2, 0.25) is 0 Å². The third-order valence-electron chi connectivity index (χ3n) is 2.78. The van der Waals surface area contributed by atoms with Gasteiger partial charge in [-0.15, -0.1) is 11.3 Å². The van der Waals surface area contributed by atoms with E-state index in [0.717, 1.165) is 23.6 Å². The smallest absolute Gasteiger partial charge is 0.261 e. The predicted molar refractivity (Wildman–Crippen MR) is 58.6 cm³/mol. The van der Waals surface area contributed by atoms with Crippen LogP contribution in [0.25, 0.3) is 0 Å². The number of rotatable bonds is 2.